The van der Waals surface area contributed by atoms with E-state index in [-0.39, 0.29) is 23.8 Å². The highest BCUT2D eigenvalue weighted by Gasteiger charge is 2.38. The number of aromatic amines is 1. The maximum atomic E-state index is 12.3. The molecule has 24 heavy (non-hydrogen) atoms. The topological polar surface area (TPSA) is 95.9 Å². The molecular formula is C16H22N6O2. The fourth-order valence-corrected chi connectivity index (χ4v) is 3.32. The maximum absolute atomic E-state index is 12.3. The molecule has 2 amide bonds. The van der Waals surface area contributed by atoms with Crippen LogP contribution in [0, 0.1) is 5.92 Å². The monoisotopic (exact) mass is 330 g/mol. The van der Waals surface area contributed by atoms with Crippen molar-refractivity contribution < 1.29 is 9.59 Å². The predicted molar refractivity (Wildman–Crippen MR) is 87.0 cm³/mol. The van der Waals surface area contributed by atoms with Crippen molar-refractivity contribution >= 4 is 11.8 Å². The number of carbonyl (C=O) groups is 2. The molecule has 0 bridgehead atoms. The molecule has 2 N–H and O–H groups in total. The van der Waals surface area contributed by atoms with E-state index in [9.17, 15) is 9.59 Å². The average molecular weight is 330 g/mol. The third-order valence-corrected chi connectivity index (χ3v) is 4.58. The van der Waals surface area contributed by atoms with E-state index in [4.69, 9.17) is 0 Å². The van der Waals surface area contributed by atoms with Gasteiger partial charge in [0.2, 0.25) is 5.91 Å². The summed E-state index contributed by atoms with van der Waals surface area (Å²) in [5.41, 5.74) is 0.503. The van der Waals surface area contributed by atoms with Crippen molar-refractivity contribution in [3.8, 4) is 0 Å². The van der Waals surface area contributed by atoms with E-state index in [2.05, 4.69) is 20.5 Å². The van der Waals surface area contributed by atoms with Gasteiger partial charge < -0.3 is 14.8 Å². The lowest BCUT2D eigenvalue weighted by molar-refractivity contribution is -0.139. The number of aryl methyl sites for hydroxylation is 1. The Kier molecular flexibility index (Phi) is 4.64. The number of hydrogen-bond donors (Lipinski definition) is 2. The van der Waals surface area contributed by atoms with Crippen LogP contribution >= 0.6 is 0 Å². The van der Waals surface area contributed by atoms with Gasteiger partial charge in [0, 0.05) is 51.1 Å². The Hall–Kier alpha value is -2.64. The molecule has 0 aliphatic carbocycles. The first kappa shape index (κ1) is 16.2. The van der Waals surface area contributed by atoms with Gasteiger partial charge in [0.1, 0.15) is 5.82 Å². The molecule has 0 saturated carbocycles. The molecule has 0 aromatic carbocycles. The second-order valence-corrected chi connectivity index (χ2v) is 6.02. The number of likely N-dealkylation sites (tertiary alicyclic amines) is 1. The van der Waals surface area contributed by atoms with E-state index < -0.39 is 0 Å². The summed E-state index contributed by atoms with van der Waals surface area (Å²) in [4.78, 5) is 30.8. The molecule has 1 saturated heterocycles. The predicted octanol–water partition coefficient (Wildman–Crippen LogP) is 0.873. The molecule has 1 fully saturated rings. The number of aromatic nitrogens is 4. The van der Waals surface area contributed by atoms with Crippen molar-refractivity contribution in [3.63, 3.8) is 0 Å². The summed E-state index contributed by atoms with van der Waals surface area (Å²) < 4.78 is 1.94. The van der Waals surface area contributed by atoms with Crippen molar-refractivity contribution in [1.82, 2.24) is 30.0 Å². The Labute approximate surface area is 140 Å². The summed E-state index contributed by atoms with van der Waals surface area (Å²) in [6.07, 6.45) is 7.91. The fourth-order valence-electron chi connectivity index (χ4n) is 3.32. The Morgan fingerprint density at radius 3 is 2.96 bits per heavy atom. The first-order valence-electron chi connectivity index (χ1n) is 8.15. The summed E-state index contributed by atoms with van der Waals surface area (Å²) in [6.45, 7) is 3.09. The van der Waals surface area contributed by atoms with Gasteiger partial charge in [-0.15, -0.1) is 0 Å². The van der Waals surface area contributed by atoms with Crippen LogP contribution in [0.2, 0.25) is 0 Å². The molecule has 0 unspecified atom stereocenters. The molecular weight excluding hydrogens is 308 g/mol. The molecule has 1 aliphatic heterocycles. The number of H-pyrrole nitrogens is 1. The number of rotatable bonds is 5. The Balaban J connectivity index is 1.78. The molecule has 0 spiro atoms. The highest BCUT2D eigenvalue weighted by atomic mass is 16.2. The lowest BCUT2D eigenvalue weighted by Gasteiger charge is -2.40. The van der Waals surface area contributed by atoms with E-state index in [0.29, 0.717) is 25.1 Å². The van der Waals surface area contributed by atoms with Crippen LogP contribution < -0.4 is 5.32 Å². The van der Waals surface area contributed by atoms with Crippen molar-refractivity contribution in [3.05, 3.63) is 36.2 Å². The van der Waals surface area contributed by atoms with E-state index >= 15 is 0 Å². The average Bonchev–Trinajstić information content (AvgIpc) is 3.24. The van der Waals surface area contributed by atoms with Crippen molar-refractivity contribution in [2.45, 2.75) is 25.8 Å². The smallest absolute Gasteiger partial charge is 0.254 e. The van der Waals surface area contributed by atoms with Gasteiger partial charge in [-0.2, -0.15) is 5.10 Å². The third kappa shape index (κ3) is 3.04. The van der Waals surface area contributed by atoms with Crippen LogP contribution in [0.3, 0.4) is 0 Å². The fraction of sp³-hybridized carbons (Fsp3) is 0.500. The maximum Gasteiger partial charge on any atom is 0.254 e. The zero-order valence-electron chi connectivity index (χ0n) is 13.9. The van der Waals surface area contributed by atoms with Crippen LogP contribution in [0.25, 0.3) is 0 Å². The molecule has 2 aromatic heterocycles. The minimum Gasteiger partial charge on any atom is -0.352 e. The number of amides is 2. The van der Waals surface area contributed by atoms with Crippen molar-refractivity contribution in [2.24, 2.45) is 13.0 Å². The Morgan fingerprint density at radius 2 is 2.33 bits per heavy atom. The van der Waals surface area contributed by atoms with Crippen LogP contribution in [0.15, 0.2) is 24.8 Å². The molecule has 8 heteroatoms. The van der Waals surface area contributed by atoms with E-state index in [1.807, 2.05) is 29.6 Å². The molecule has 0 radical (unpaired) electrons. The van der Waals surface area contributed by atoms with Gasteiger partial charge in [-0.05, 0) is 13.3 Å². The quantitative estimate of drug-likeness (QED) is 0.850. The number of nitrogens with zero attached hydrogens (tertiary/aromatic N) is 4. The summed E-state index contributed by atoms with van der Waals surface area (Å²) in [5, 5.41) is 9.37. The van der Waals surface area contributed by atoms with E-state index in [1.54, 1.807) is 12.4 Å². The lowest BCUT2D eigenvalue weighted by atomic mass is 9.87. The van der Waals surface area contributed by atoms with Crippen LogP contribution in [-0.4, -0.2) is 49.6 Å². The number of carbonyl (C=O) groups excluding carboxylic acids is 2. The van der Waals surface area contributed by atoms with Crippen LogP contribution in [0.5, 0.6) is 0 Å². The lowest BCUT2D eigenvalue weighted by Crippen LogP contribution is -2.47. The first-order chi connectivity index (χ1) is 11.6. The molecule has 1 aliphatic rings. The molecule has 8 nitrogen and oxygen atoms in total. The number of hydrogen-bond acceptors (Lipinski definition) is 4. The van der Waals surface area contributed by atoms with Gasteiger partial charge in [-0.25, -0.2) is 4.98 Å². The van der Waals surface area contributed by atoms with Crippen LogP contribution in [0.4, 0.5) is 0 Å². The molecule has 3 heterocycles. The summed E-state index contributed by atoms with van der Waals surface area (Å²) >= 11 is 0. The van der Waals surface area contributed by atoms with Crippen molar-refractivity contribution in [2.75, 3.05) is 13.1 Å². The first-order valence-corrected chi connectivity index (χ1v) is 8.15. The minimum absolute atomic E-state index is 0.124. The second kappa shape index (κ2) is 6.86. The molecule has 128 valence electrons. The minimum atomic E-state index is -0.165. The second-order valence-electron chi connectivity index (χ2n) is 6.02. The molecule has 2 aromatic rings. The number of piperidine rings is 1. The van der Waals surface area contributed by atoms with E-state index in [1.165, 1.54) is 6.20 Å². The van der Waals surface area contributed by atoms with Gasteiger partial charge in [0.05, 0.1) is 17.8 Å². The summed E-state index contributed by atoms with van der Waals surface area (Å²) in [7, 11) is 1.93. The Morgan fingerprint density at radius 1 is 1.50 bits per heavy atom. The largest absolute Gasteiger partial charge is 0.352 e. The van der Waals surface area contributed by atoms with Gasteiger partial charge in [0.15, 0.2) is 0 Å². The molecule has 2 atom stereocenters. The van der Waals surface area contributed by atoms with Crippen LogP contribution in [0.1, 0.15) is 42.0 Å². The normalized spacial score (nSPS) is 21.1. The highest BCUT2D eigenvalue weighted by Crippen LogP contribution is 2.35. The standard InChI is InChI=1S/C16H22N6O2/c1-3-22-13(23)5-4-11(14(22)15-17-6-7-21(15)2)8-18-16(24)12-9-19-20-10-12/h6-7,9-11,14H,3-5,8H2,1-2H3,(H,18,24)(H,19,20)/t11-,14+/m1/s1. The molecule has 3 rings (SSSR count). The van der Waals surface area contributed by atoms with Crippen molar-refractivity contribution in [1.29, 1.82) is 0 Å². The third-order valence-electron chi connectivity index (χ3n) is 4.58. The SMILES string of the molecule is CCN1C(=O)CC[C@H](CNC(=O)c2cn[nH]c2)[C@H]1c1nccn1C. The van der Waals surface area contributed by atoms with Gasteiger partial charge in [0.25, 0.3) is 5.91 Å². The van der Waals surface area contributed by atoms with E-state index in [0.717, 1.165) is 12.2 Å². The zero-order chi connectivity index (χ0) is 17.1. The number of imidazole rings is 1. The summed E-state index contributed by atoms with van der Waals surface area (Å²) in [6, 6.07) is -0.124. The van der Waals surface area contributed by atoms with Gasteiger partial charge in [-0.1, -0.05) is 0 Å². The van der Waals surface area contributed by atoms with Gasteiger partial charge in [-0.3, -0.25) is 14.7 Å². The van der Waals surface area contributed by atoms with Crippen LogP contribution in [-0.2, 0) is 11.8 Å². The zero-order valence-corrected chi connectivity index (χ0v) is 13.9. The highest BCUT2D eigenvalue weighted by molar-refractivity contribution is 5.93. The Bertz CT molecular complexity index is 708. The number of nitrogens with one attached hydrogen (secondary N) is 2. The van der Waals surface area contributed by atoms with Gasteiger partial charge >= 0.3 is 0 Å². The summed E-state index contributed by atoms with van der Waals surface area (Å²) in [5.74, 6) is 0.956.